The lowest BCUT2D eigenvalue weighted by Crippen LogP contribution is -2.22. The fraction of sp³-hybridized carbons (Fsp3) is 0.111. The zero-order chi connectivity index (χ0) is 17.6. The van der Waals surface area contributed by atoms with Crippen molar-refractivity contribution in [2.24, 2.45) is 0 Å². The molecule has 0 aliphatic heterocycles. The van der Waals surface area contributed by atoms with Crippen LogP contribution in [0.5, 0.6) is 5.75 Å². The number of nitrogens with one attached hydrogen (secondary N) is 1. The van der Waals surface area contributed by atoms with Crippen molar-refractivity contribution in [1.29, 1.82) is 0 Å². The Labute approximate surface area is 142 Å². The van der Waals surface area contributed by atoms with Crippen LogP contribution in [0.15, 0.2) is 67.0 Å². The van der Waals surface area contributed by atoms with Crippen molar-refractivity contribution in [2.45, 2.75) is 13.2 Å². The van der Waals surface area contributed by atoms with Crippen LogP contribution < -0.4 is 10.1 Å². The summed E-state index contributed by atoms with van der Waals surface area (Å²) in [7, 11) is 0. The molecule has 0 bridgehead atoms. The Morgan fingerprint density at radius 1 is 1.16 bits per heavy atom. The highest BCUT2D eigenvalue weighted by molar-refractivity contribution is 5.94. The smallest absolute Gasteiger partial charge is 0.387 e. The minimum Gasteiger partial charge on any atom is -0.435 e. The highest BCUT2D eigenvalue weighted by Gasteiger charge is 2.10. The molecule has 2 aromatic carbocycles. The number of hydrogen-bond donors (Lipinski definition) is 1. The Kier molecular flexibility index (Phi) is 5.03. The minimum absolute atomic E-state index is 0.0560. The first-order valence-electron chi connectivity index (χ1n) is 7.54. The van der Waals surface area contributed by atoms with Gasteiger partial charge in [-0.15, -0.1) is 0 Å². The van der Waals surface area contributed by atoms with E-state index >= 15 is 0 Å². The summed E-state index contributed by atoms with van der Waals surface area (Å²) >= 11 is 0. The molecule has 0 saturated carbocycles. The quantitative estimate of drug-likeness (QED) is 0.746. The Bertz CT molecular complexity index is 850. The van der Waals surface area contributed by atoms with Crippen LogP contribution in [-0.2, 0) is 6.54 Å². The Hall–Kier alpha value is -3.22. The van der Waals surface area contributed by atoms with E-state index in [9.17, 15) is 13.6 Å². The fourth-order valence-corrected chi connectivity index (χ4v) is 2.27. The second-order valence-electron chi connectivity index (χ2n) is 5.22. The van der Waals surface area contributed by atoms with Crippen molar-refractivity contribution in [1.82, 2.24) is 15.1 Å². The van der Waals surface area contributed by atoms with Gasteiger partial charge < -0.3 is 10.1 Å². The highest BCUT2D eigenvalue weighted by atomic mass is 19.3. The molecule has 128 valence electrons. The Balaban J connectivity index is 1.62. The fourth-order valence-electron chi connectivity index (χ4n) is 2.27. The molecular formula is C18H15F2N3O2. The van der Waals surface area contributed by atoms with E-state index in [-0.39, 0.29) is 23.8 Å². The molecule has 7 heteroatoms. The SMILES string of the molecule is O=C(NCc1cnn(-c2ccccc2)c1)c1cccc(OC(F)F)c1. The molecule has 0 aliphatic rings. The molecule has 1 N–H and O–H groups in total. The first-order chi connectivity index (χ1) is 12.1. The Morgan fingerprint density at radius 3 is 2.72 bits per heavy atom. The van der Waals surface area contributed by atoms with Crippen molar-refractivity contribution in [2.75, 3.05) is 0 Å². The zero-order valence-electron chi connectivity index (χ0n) is 13.1. The largest absolute Gasteiger partial charge is 0.435 e. The van der Waals surface area contributed by atoms with Gasteiger partial charge in [-0.3, -0.25) is 4.79 Å². The Morgan fingerprint density at radius 2 is 1.96 bits per heavy atom. The number of amides is 1. The summed E-state index contributed by atoms with van der Waals surface area (Å²) in [6, 6.07) is 15.2. The average Bonchev–Trinajstić information content (AvgIpc) is 3.09. The molecular weight excluding hydrogens is 328 g/mol. The van der Waals surface area contributed by atoms with Gasteiger partial charge in [0.15, 0.2) is 0 Å². The van der Waals surface area contributed by atoms with E-state index in [4.69, 9.17) is 0 Å². The first kappa shape index (κ1) is 16.6. The number of benzene rings is 2. The van der Waals surface area contributed by atoms with Crippen LogP contribution in [0, 0.1) is 0 Å². The number of hydrogen-bond acceptors (Lipinski definition) is 3. The van der Waals surface area contributed by atoms with Gasteiger partial charge in [0.1, 0.15) is 5.75 Å². The van der Waals surface area contributed by atoms with E-state index in [1.165, 1.54) is 24.3 Å². The van der Waals surface area contributed by atoms with Crippen molar-refractivity contribution >= 4 is 5.91 Å². The van der Waals surface area contributed by atoms with Gasteiger partial charge in [-0.1, -0.05) is 24.3 Å². The molecule has 3 rings (SSSR count). The molecule has 25 heavy (non-hydrogen) atoms. The zero-order valence-corrected chi connectivity index (χ0v) is 13.1. The van der Waals surface area contributed by atoms with Gasteiger partial charge in [0.2, 0.25) is 0 Å². The summed E-state index contributed by atoms with van der Waals surface area (Å²) in [5.74, 6) is -0.438. The van der Waals surface area contributed by atoms with E-state index in [1.807, 2.05) is 36.5 Å². The van der Waals surface area contributed by atoms with E-state index in [2.05, 4.69) is 15.2 Å². The molecule has 0 saturated heterocycles. The lowest BCUT2D eigenvalue weighted by Gasteiger charge is -2.07. The number of para-hydroxylation sites is 1. The average molecular weight is 343 g/mol. The number of nitrogens with zero attached hydrogens (tertiary/aromatic N) is 2. The van der Waals surface area contributed by atoms with E-state index in [1.54, 1.807) is 10.9 Å². The number of carbonyl (C=O) groups excluding carboxylic acids is 1. The maximum atomic E-state index is 12.2. The minimum atomic E-state index is -2.93. The molecule has 5 nitrogen and oxygen atoms in total. The van der Waals surface area contributed by atoms with Gasteiger partial charge >= 0.3 is 6.61 Å². The first-order valence-corrected chi connectivity index (χ1v) is 7.54. The van der Waals surface area contributed by atoms with Gasteiger partial charge in [-0.25, -0.2) is 4.68 Å². The molecule has 3 aromatic rings. The molecule has 0 radical (unpaired) electrons. The van der Waals surface area contributed by atoms with Gasteiger partial charge in [0.05, 0.1) is 11.9 Å². The molecule has 1 amide bonds. The second kappa shape index (κ2) is 7.57. The van der Waals surface area contributed by atoms with E-state index in [0.717, 1.165) is 11.3 Å². The molecule has 0 unspecified atom stereocenters. The molecule has 0 aliphatic carbocycles. The van der Waals surface area contributed by atoms with Gasteiger partial charge in [0, 0.05) is 23.9 Å². The molecule has 0 spiro atoms. The van der Waals surface area contributed by atoms with Crippen LogP contribution in [0.4, 0.5) is 8.78 Å². The van der Waals surface area contributed by atoms with E-state index in [0.29, 0.717) is 0 Å². The van der Waals surface area contributed by atoms with Crippen LogP contribution in [0.25, 0.3) is 5.69 Å². The van der Waals surface area contributed by atoms with Gasteiger partial charge in [-0.2, -0.15) is 13.9 Å². The number of ether oxygens (including phenoxy) is 1. The monoisotopic (exact) mass is 343 g/mol. The third-order valence-electron chi connectivity index (χ3n) is 3.43. The molecule has 0 atom stereocenters. The maximum Gasteiger partial charge on any atom is 0.387 e. The summed E-state index contributed by atoms with van der Waals surface area (Å²) in [6.45, 7) is -2.66. The van der Waals surface area contributed by atoms with Crippen LogP contribution in [0.1, 0.15) is 15.9 Å². The molecule has 1 heterocycles. The van der Waals surface area contributed by atoms with Crippen molar-refractivity contribution in [3.63, 3.8) is 0 Å². The normalized spacial score (nSPS) is 10.7. The lowest BCUT2D eigenvalue weighted by molar-refractivity contribution is -0.0498. The number of aromatic nitrogens is 2. The molecule has 0 fully saturated rings. The number of halogens is 2. The summed E-state index contributed by atoms with van der Waals surface area (Å²) in [5.41, 5.74) is 1.97. The van der Waals surface area contributed by atoms with Crippen LogP contribution in [0.2, 0.25) is 0 Å². The predicted octanol–water partition coefficient (Wildman–Crippen LogP) is 3.40. The summed E-state index contributed by atoms with van der Waals surface area (Å²) in [4.78, 5) is 12.2. The van der Waals surface area contributed by atoms with Crippen molar-refractivity contribution < 1.29 is 18.3 Å². The predicted molar refractivity (Wildman–Crippen MR) is 87.8 cm³/mol. The van der Waals surface area contributed by atoms with Gasteiger partial charge in [-0.05, 0) is 30.3 Å². The van der Waals surface area contributed by atoms with Crippen LogP contribution >= 0.6 is 0 Å². The van der Waals surface area contributed by atoms with Crippen LogP contribution in [-0.4, -0.2) is 22.3 Å². The third-order valence-corrected chi connectivity index (χ3v) is 3.43. The number of rotatable bonds is 6. The number of alkyl halides is 2. The van der Waals surface area contributed by atoms with Crippen molar-refractivity contribution in [3.05, 3.63) is 78.1 Å². The second-order valence-corrected chi connectivity index (χ2v) is 5.22. The lowest BCUT2D eigenvalue weighted by atomic mass is 10.2. The summed E-state index contributed by atoms with van der Waals surface area (Å²) in [5, 5.41) is 6.97. The van der Waals surface area contributed by atoms with Crippen molar-refractivity contribution in [3.8, 4) is 11.4 Å². The number of carbonyl (C=O) groups is 1. The third kappa shape index (κ3) is 4.41. The maximum absolute atomic E-state index is 12.2. The highest BCUT2D eigenvalue weighted by Crippen LogP contribution is 2.16. The standard InChI is InChI=1S/C18H15F2N3O2/c19-18(20)25-16-8-4-5-14(9-16)17(24)21-10-13-11-22-23(12-13)15-6-2-1-3-7-15/h1-9,11-12,18H,10H2,(H,21,24). The van der Waals surface area contributed by atoms with Gasteiger partial charge in [0.25, 0.3) is 5.91 Å². The summed E-state index contributed by atoms with van der Waals surface area (Å²) in [6.07, 6.45) is 3.47. The van der Waals surface area contributed by atoms with Crippen LogP contribution in [0.3, 0.4) is 0 Å². The van der Waals surface area contributed by atoms with E-state index < -0.39 is 6.61 Å². The summed E-state index contributed by atoms with van der Waals surface area (Å²) < 4.78 is 30.5. The molecule has 1 aromatic heterocycles. The topological polar surface area (TPSA) is 56.2 Å².